The molecule has 0 radical (unpaired) electrons. The SMILES string of the molecule is CC(C)c1nc(C(F)(F)F)c(-c2cc(NC3CCN(S(C)(=O)=O)CC3)ncc2F)s1. The lowest BCUT2D eigenvalue weighted by Gasteiger charge is -2.31. The molecule has 0 amide bonds. The number of piperidine rings is 1. The van der Waals surface area contributed by atoms with Crippen LogP contribution in [0, 0.1) is 5.82 Å². The second-order valence-electron chi connectivity index (χ2n) is 7.51. The fraction of sp³-hybridized carbons (Fsp3) is 0.556. The van der Waals surface area contributed by atoms with Gasteiger partial charge in [-0.05, 0) is 18.9 Å². The van der Waals surface area contributed by atoms with E-state index in [1.807, 2.05) is 0 Å². The van der Waals surface area contributed by atoms with Crippen molar-refractivity contribution in [3.63, 3.8) is 0 Å². The van der Waals surface area contributed by atoms with E-state index < -0.39 is 27.7 Å². The zero-order valence-corrected chi connectivity index (χ0v) is 18.3. The van der Waals surface area contributed by atoms with Gasteiger partial charge in [-0.2, -0.15) is 13.2 Å². The van der Waals surface area contributed by atoms with Crippen LogP contribution in [0.5, 0.6) is 0 Å². The average molecular weight is 467 g/mol. The highest BCUT2D eigenvalue weighted by Gasteiger charge is 2.39. The third-order valence-corrected chi connectivity index (χ3v) is 7.47. The Bertz CT molecular complexity index is 1010. The molecule has 0 unspecified atom stereocenters. The summed E-state index contributed by atoms with van der Waals surface area (Å²) in [6.45, 7) is 4.10. The van der Waals surface area contributed by atoms with Gasteiger partial charge < -0.3 is 5.32 Å². The van der Waals surface area contributed by atoms with Crippen molar-refractivity contribution in [1.29, 1.82) is 0 Å². The van der Waals surface area contributed by atoms with Gasteiger partial charge in [-0.3, -0.25) is 0 Å². The smallest absolute Gasteiger partial charge is 0.367 e. The maximum atomic E-state index is 14.4. The first-order chi connectivity index (χ1) is 13.9. The van der Waals surface area contributed by atoms with E-state index in [-0.39, 0.29) is 33.2 Å². The van der Waals surface area contributed by atoms with Crippen molar-refractivity contribution >= 4 is 27.2 Å². The molecule has 0 aromatic carbocycles. The van der Waals surface area contributed by atoms with Crippen LogP contribution in [0.4, 0.5) is 23.4 Å². The first kappa shape index (κ1) is 22.9. The number of thiazole rings is 1. The monoisotopic (exact) mass is 466 g/mol. The van der Waals surface area contributed by atoms with Crippen molar-refractivity contribution in [2.24, 2.45) is 0 Å². The molecule has 0 spiro atoms. The molecule has 6 nitrogen and oxygen atoms in total. The molecular weight excluding hydrogens is 444 g/mol. The van der Waals surface area contributed by atoms with E-state index in [9.17, 15) is 26.0 Å². The molecule has 0 aliphatic carbocycles. The Kier molecular flexibility index (Phi) is 6.40. The normalized spacial score (nSPS) is 16.9. The fourth-order valence-electron chi connectivity index (χ4n) is 3.19. The van der Waals surface area contributed by atoms with E-state index in [0.29, 0.717) is 25.9 Å². The van der Waals surface area contributed by atoms with Gasteiger partial charge in [-0.25, -0.2) is 27.1 Å². The number of halogens is 4. The lowest BCUT2D eigenvalue weighted by atomic mass is 10.1. The Balaban J connectivity index is 1.87. The molecule has 1 fully saturated rings. The number of hydrogen-bond donors (Lipinski definition) is 1. The number of rotatable bonds is 5. The van der Waals surface area contributed by atoms with Crippen molar-refractivity contribution in [2.45, 2.75) is 44.8 Å². The summed E-state index contributed by atoms with van der Waals surface area (Å²) < 4.78 is 79.5. The van der Waals surface area contributed by atoms with Crippen molar-refractivity contribution in [1.82, 2.24) is 14.3 Å². The highest BCUT2D eigenvalue weighted by Crippen LogP contribution is 2.43. The molecule has 2 aromatic heterocycles. The number of alkyl halides is 3. The number of nitrogens with one attached hydrogen (secondary N) is 1. The first-order valence-corrected chi connectivity index (χ1v) is 12.0. The Labute approximate surface area is 176 Å². The minimum absolute atomic E-state index is 0.122. The number of hydrogen-bond acceptors (Lipinski definition) is 6. The number of sulfonamides is 1. The molecule has 0 bridgehead atoms. The van der Waals surface area contributed by atoms with E-state index in [1.165, 1.54) is 10.4 Å². The van der Waals surface area contributed by atoms with Gasteiger partial charge in [-0.1, -0.05) is 13.8 Å². The lowest BCUT2D eigenvalue weighted by molar-refractivity contribution is -0.140. The van der Waals surface area contributed by atoms with Crippen LogP contribution in [0.3, 0.4) is 0 Å². The number of nitrogens with zero attached hydrogens (tertiary/aromatic N) is 3. The van der Waals surface area contributed by atoms with Crippen LogP contribution in [-0.2, 0) is 16.2 Å². The Hall–Kier alpha value is -1.79. The van der Waals surface area contributed by atoms with Crippen molar-refractivity contribution in [2.75, 3.05) is 24.7 Å². The first-order valence-electron chi connectivity index (χ1n) is 9.31. The molecule has 3 heterocycles. The molecule has 0 saturated carbocycles. The lowest BCUT2D eigenvalue weighted by Crippen LogP contribution is -2.41. The van der Waals surface area contributed by atoms with Gasteiger partial charge in [0.2, 0.25) is 10.0 Å². The minimum atomic E-state index is -4.71. The van der Waals surface area contributed by atoms with Gasteiger partial charge in [-0.15, -0.1) is 11.3 Å². The minimum Gasteiger partial charge on any atom is -0.367 e. The predicted octanol–water partition coefficient (Wildman–Crippen LogP) is 4.32. The molecule has 2 aromatic rings. The summed E-state index contributed by atoms with van der Waals surface area (Å²) in [4.78, 5) is 7.37. The largest absolute Gasteiger partial charge is 0.434 e. The molecule has 12 heteroatoms. The number of pyridine rings is 1. The fourth-order valence-corrected chi connectivity index (χ4v) is 5.17. The molecule has 1 saturated heterocycles. The van der Waals surface area contributed by atoms with E-state index in [1.54, 1.807) is 13.8 Å². The maximum absolute atomic E-state index is 14.4. The summed E-state index contributed by atoms with van der Waals surface area (Å²) in [5.74, 6) is -0.860. The standard InChI is InChI=1S/C18H22F4N4O2S2/c1-10(2)17-25-16(18(20,21)22)15(29-17)12-8-14(23-9-13(12)19)24-11-4-6-26(7-5-11)30(3,27)28/h8-11H,4-7H2,1-3H3,(H,23,24). The van der Waals surface area contributed by atoms with Crippen LogP contribution in [0.2, 0.25) is 0 Å². The second-order valence-corrected chi connectivity index (χ2v) is 10.5. The highest BCUT2D eigenvalue weighted by atomic mass is 32.2. The third-order valence-electron chi connectivity index (χ3n) is 4.78. The van der Waals surface area contributed by atoms with Crippen LogP contribution < -0.4 is 5.32 Å². The van der Waals surface area contributed by atoms with Crippen LogP contribution in [-0.4, -0.2) is 48.1 Å². The van der Waals surface area contributed by atoms with E-state index in [0.717, 1.165) is 23.8 Å². The summed E-state index contributed by atoms with van der Waals surface area (Å²) in [5.41, 5.74) is -1.31. The molecule has 1 N–H and O–H groups in total. The Morgan fingerprint density at radius 2 is 1.90 bits per heavy atom. The van der Waals surface area contributed by atoms with Gasteiger partial charge in [0, 0.05) is 30.6 Å². The summed E-state index contributed by atoms with van der Waals surface area (Å²) in [5, 5.41) is 3.36. The van der Waals surface area contributed by atoms with Crippen LogP contribution >= 0.6 is 11.3 Å². The van der Waals surface area contributed by atoms with Crippen LogP contribution in [0.25, 0.3) is 10.4 Å². The summed E-state index contributed by atoms with van der Waals surface area (Å²) >= 11 is 0.820. The predicted molar refractivity (Wildman–Crippen MR) is 107 cm³/mol. The average Bonchev–Trinajstić information content (AvgIpc) is 3.09. The number of anilines is 1. The second kappa shape index (κ2) is 8.39. The summed E-state index contributed by atoms with van der Waals surface area (Å²) in [6.07, 6.45) is -1.66. The highest BCUT2D eigenvalue weighted by molar-refractivity contribution is 7.88. The summed E-state index contributed by atoms with van der Waals surface area (Å²) in [6, 6.07) is 1.13. The third kappa shape index (κ3) is 5.09. The van der Waals surface area contributed by atoms with Gasteiger partial charge in [0.1, 0.15) is 11.6 Å². The number of aromatic nitrogens is 2. The van der Waals surface area contributed by atoms with Gasteiger partial charge in [0.25, 0.3) is 0 Å². The molecule has 1 aliphatic rings. The van der Waals surface area contributed by atoms with Gasteiger partial charge >= 0.3 is 6.18 Å². The maximum Gasteiger partial charge on any atom is 0.434 e. The van der Waals surface area contributed by atoms with E-state index in [2.05, 4.69) is 15.3 Å². The summed E-state index contributed by atoms with van der Waals surface area (Å²) in [7, 11) is -3.27. The molecule has 1 aliphatic heterocycles. The van der Waals surface area contributed by atoms with Crippen molar-refractivity contribution < 1.29 is 26.0 Å². The van der Waals surface area contributed by atoms with Crippen LogP contribution in [0.1, 0.15) is 43.3 Å². The topological polar surface area (TPSA) is 75.2 Å². The molecule has 166 valence electrons. The van der Waals surface area contributed by atoms with Gasteiger partial charge in [0.05, 0.1) is 22.3 Å². The van der Waals surface area contributed by atoms with Crippen molar-refractivity contribution in [3.05, 3.63) is 28.8 Å². The molecular formula is C18H22F4N4O2S2. The Morgan fingerprint density at radius 1 is 1.27 bits per heavy atom. The van der Waals surface area contributed by atoms with Gasteiger partial charge in [0.15, 0.2) is 5.69 Å². The molecule has 30 heavy (non-hydrogen) atoms. The zero-order valence-electron chi connectivity index (χ0n) is 16.6. The van der Waals surface area contributed by atoms with E-state index >= 15 is 0 Å². The Morgan fingerprint density at radius 3 is 2.43 bits per heavy atom. The van der Waals surface area contributed by atoms with E-state index in [4.69, 9.17) is 0 Å². The quantitative estimate of drug-likeness (QED) is 0.665. The zero-order chi connectivity index (χ0) is 22.3. The molecule has 3 rings (SSSR count). The molecule has 0 atom stereocenters. The van der Waals surface area contributed by atoms with Crippen LogP contribution in [0.15, 0.2) is 12.3 Å². The van der Waals surface area contributed by atoms with Crippen molar-refractivity contribution in [3.8, 4) is 10.4 Å².